The number of aryl methyl sites for hydroxylation is 1. The van der Waals surface area contributed by atoms with Crippen LogP contribution < -0.4 is 11.1 Å². The van der Waals surface area contributed by atoms with Crippen molar-refractivity contribution in [1.82, 2.24) is 9.78 Å². The van der Waals surface area contributed by atoms with Crippen molar-refractivity contribution >= 4 is 45.4 Å². The Balaban J connectivity index is 1.76. The van der Waals surface area contributed by atoms with E-state index < -0.39 is 17.6 Å². The molecule has 0 saturated heterocycles. The molecule has 3 N–H and O–H groups in total. The minimum atomic E-state index is -0.962. The van der Waals surface area contributed by atoms with E-state index in [4.69, 9.17) is 28.9 Å². The van der Waals surface area contributed by atoms with E-state index in [1.54, 1.807) is 17.8 Å². The van der Waals surface area contributed by atoms with Crippen molar-refractivity contribution in [3.8, 4) is 11.3 Å². The van der Waals surface area contributed by atoms with Crippen LogP contribution in [0.15, 0.2) is 30.5 Å². The van der Waals surface area contributed by atoms with E-state index in [1.807, 2.05) is 0 Å². The SMILES string of the molecule is Cn1ncc(Cl)c1-c1cc(NC(=O)[C@H](CN)Cc2ccc(F)c(F)c2)sc1Cl. The maximum atomic E-state index is 13.4. The number of anilines is 1. The lowest BCUT2D eigenvalue weighted by atomic mass is 9.98. The highest BCUT2D eigenvalue weighted by molar-refractivity contribution is 7.20. The van der Waals surface area contributed by atoms with E-state index in [9.17, 15) is 13.6 Å². The number of nitrogens with two attached hydrogens (primary N) is 1. The molecule has 10 heteroatoms. The van der Waals surface area contributed by atoms with Gasteiger partial charge in [0.2, 0.25) is 5.91 Å². The third kappa shape index (κ3) is 4.35. The first kappa shape index (κ1) is 20.7. The molecule has 3 rings (SSSR count). The normalized spacial score (nSPS) is 12.2. The number of rotatable bonds is 6. The number of hydrogen-bond acceptors (Lipinski definition) is 4. The lowest BCUT2D eigenvalue weighted by Crippen LogP contribution is -2.30. The van der Waals surface area contributed by atoms with Crippen LogP contribution >= 0.6 is 34.5 Å². The molecule has 0 aliphatic carbocycles. The molecule has 0 fully saturated rings. The molecule has 1 atom stereocenters. The zero-order valence-corrected chi connectivity index (χ0v) is 17.0. The van der Waals surface area contributed by atoms with Gasteiger partial charge in [0.1, 0.15) is 4.34 Å². The second kappa shape index (κ2) is 8.57. The van der Waals surface area contributed by atoms with Gasteiger partial charge in [0, 0.05) is 19.2 Å². The van der Waals surface area contributed by atoms with Crippen molar-refractivity contribution in [3.63, 3.8) is 0 Å². The molecule has 2 heterocycles. The second-order valence-corrected chi connectivity index (χ2v) is 8.20. The number of nitrogens with zero attached hydrogens (tertiary/aromatic N) is 2. The molecule has 5 nitrogen and oxygen atoms in total. The summed E-state index contributed by atoms with van der Waals surface area (Å²) in [7, 11) is 1.74. The van der Waals surface area contributed by atoms with Gasteiger partial charge in [0.15, 0.2) is 11.6 Å². The van der Waals surface area contributed by atoms with Gasteiger partial charge >= 0.3 is 0 Å². The number of carbonyl (C=O) groups excluding carboxylic acids is 1. The molecule has 0 bridgehead atoms. The Morgan fingerprint density at radius 1 is 1.32 bits per heavy atom. The maximum Gasteiger partial charge on any atom is 0.229 e. The number of hydrogen-bond donors (Lipinski definition) is 2. The highest BCUT2D eigenvalue weighted by Crippen LogP contribution is 2.41. The molecule has 148 valence electrons. The van der Waals surface area contributed by atoms with Crippen LogP contribution in [0.4, 0.5) is 13.8 Å². The Labute approximate surface area is 174 Å². The highest BCUT2D eigenvalue weighted by Gasteiger charge is 2.21. The zero-order valence-electron chi connectivity index (χ0n) is 14.7. The Bertz CT molecular complexity index is 1000. The number of amides is 1. The van der Waals surface area contributed by atoms with Gasteiger partial charge in [0.25, 0.3) is 0 Å². The standard InChI is InChI=1S/C18H16Cl2F2N4OS/c1-26-16(12(19)8-24-26)11-6-15(28-17(11)20)25-18(27)10(7-23)4-9-2-3-13(21)14(22)5-9/h2-3,5-6,8,10H,4,7,23H2,1H3,(H,25,27)/t10-/m0/s1. The van der Waals surface area contributed by atoms with Crippen LogP contribution in [0.5, 0.6) is 0 Å². The number of thiophene rings is 1. The predicted octanol–water partition coefficient (Wildman–Crippen LogP) is 4.49. The van der Waals surface area contributed by atoms with Crippen molar-refractivity contribution in [2.75, 3.05) is 11.9 Å². The van der Waals surface area contributed by atoms with Gasteiger partial charge < -0.3 is 11.1 Å². The molecule has 0 aliphatic heterocycles. The molecule has 0 aliphatic rings. The Morgan fingerprint density at radius 3 is 2.68 bits per heavy atom. The number of carbonyl (C=O) groups is 1. The van der Waals surface area contributed by atoms with Crippen molar-refractivity contribution in [3.05, 3.63) is 57.0 Å². The van der Waals surface area contributed by atoms with Gasteiger partial charge in [-0.15, -0.1) is 11.3 Å². The molecule has 0 radical (unpaired) electrons. The number of aromatic nitrogens is 2. The van der Waals surface area contributed by atoms with Gasteiger partial charge in [-0.2, -0.15) is 5.10 Å². The van der Waals surface area contributed by atoms with E-state index >= 15 is 0 Å². The predicted molar refractivity (Wildman–Crippen MR) is 108 cm³/mol. The number of benzene rings is 1. The molecule has 3 aromatic rings. The molecule has 0 spiro atoms. The van der Waals surface area contributed by atoms with Crippen LogP contribution in [0.1, 0.15) is 5.56 Å². The van der Waals surface area contributed by atoms with Crippen molar-refractivity contribution < 1.29 is 13.6 Å². The second-order valence-electron chi connectivity index (χ2n) is 6.14. The van der Waals surface area contributed by atoms with Gasteiger partial charge in [-0.1, -0.05) is 29.3 Å². The molecule has 0 unspecified atom stereocenters. The molecular formula is C18H16Cl2F2N4OS. The lowest BCUT2D eigenvalue weighted by molar-refractivity contribution is -0.119. The first-order valence-corrected chi connectivity index (χ1v) is 9.79. The fourth-order valence-electron chi connectivity index (χ4n) is 2.76. The van der Waals surface area contributed by atoms with Crippen LogP contribution in [0.2, 0.25) is 9.36 Å². The molecule has 28 heavy (non-hydrogen) atoms. The third-order valence-electron chi connectivity index (χ3n) is 4.20. The van der Waals surface area contributed by atoms with Gasteiger partial charge in [-0.3, -0.25) is 9.48 Å². The van der Waals surface area contributed by atoms with Crippen molar-refractivity contribution in [2.24, 2.45) is 18.7 Å². The fourth-order valence-corrected chi connectivity index (χ4v) is 4.21. The first-order valence-electron chi connectivity index (χ1n) is 8.22. The minimum absolute atomic E-state index is 0.0460. The summed E-state index contributed by atoms with van der Waals surface area (Å²) in [5.74, 6) is -2.86. The Kier molecular flexibility index (Phi) is 6.34. The summed E-state index contributed by atoms with van der Waals surface area (Å²) in [6.45, 7) is 0.0460. The maximum absolute atomic E-state index is 13.4. The largest absolute Gasteiger partial charge is 0.330 e. The van der Waals surface area contributed by atoms with E-state index in [-0.39, 0.29) is 18.9 Å². The smallest absolute Gasteiger partial charge is 0.229 e. The molecule has 1 aromatic carbocycles. The van der Waals surface area contributed by atoms with Crippen LogP contribution in [0, 0.1) is 17.6 Å². The van der Waals surface area contributed by atoms with Gasteiger partial charge in [-0.05, 0) is 30.2 Å². The van der Waals surface area contributed by atoms with E-state index in [0.29, 0.717) is 31.2 Å². The summed E-state index contributed by atoms with van der Waals surface area (Å²) >= 11 is 13.6. The monoisotopic (exact) mass is 444 g/mol. The Hall–Kier alpha value is -2.00. The lowest BCUT2D eigenvalue weighted by Gasteiger charge is -2.14. The number of halogens is 4. The summed E-state index contributed by atoms with van der Waals surface area (Å²) in [5.41, 5.74) is 7.49. The number of nitrogens with one attached hydrogen (secondary N) is 1. The van der Waals surface area contributed by atoms with Crippen molar-refractivity contribution in [1.29, 1.82) is 0 Å². The molecular weight excluding hydrogens is 429 g/mol. The summed E-state index contributed by atoms with van der Waals surface area (Å²) in [4.78, 5) is 12.6. The average molecular weight is 445 g/mol. The summed E-state index contributed by atoms with van der Waals surface area (Å²) < 4.78 is 28.5. The highest BCUT2D eigenvalue weighted by atomic mass is 35.5. The Morgan fingerprint density at radius 2 is 2.07 bits per heavy atom. The average Bonchev–Trinajstić information content (AvgIpc) is 3.16. The van der Waals surface area contributed by atoms with Crippen molar-refractivity contribution in [2.45, 2.75) is 6.42 Å². The summed E-state index contributed by atoms with van der Waals surface area (Å²) in [6.07, 6.45) is 1.69. The topological polar surface area (TPSA) is 72.9 Å². The quantitative estimate of drug-likeness (QED) is 0.588. The first-order chi connectivity index (χ1) is 13.3. The van der Waals surface area contributed by atoms with E-state index in [1.165, 1.54) is 23.6 Å². The van der Waals surface area contributed by atoms with Gasteiger partial charge in [0.05, 0.1) is 27.8 Å². The molecule has 1 amide bonds. The fraction of sp³-hybridized carbons (Fsp3) is 0.222. The van der Waals surface area contributed by atoms with E-state index in [0.717, 1.165) is 12.1 Å². The third-order valence-corrected chi connectivity index (χ3v) is 5.75. The minimum Gasteiger partial charge on any atom is -0.330 e. The van der Waals surface area contributed by atoms with Crippen LogP contribution in [0.25, 0.3) is 11.3 Å². The van der Waals surface area contributed by atoms with Crippen LogP contribution in [-0.4, -0.2) is 22.2 Å². The summed E-state index contributed by atoms with van der Waals surface area (Å²) in [5, 5.41) is 7.81. The molecule has 0 saturated carbocycles. The van der Waals surface area contributed by atoms with Crippen LogP contribution in [0.3, 0.4) is 0 Å². The van der Waals surface area contributed by atoms with Gasteiger partial charge in [-0.25, -0.2) is 8.78 Å². The molecule has 2 aromatic heterocycles. The van der Waals surface area contributed by atoms with Crippen LogP contribution in [-0.2, 0) is 18.3 Å². The summed E-state index contributed by atoms with van der Waals surface area (Å²) in [6, 6.07) is 5.23. The van der Waals surface area contributed by atoms with E-state index in [2.05, 4.69) is 10.4 Å². The zero-order chi connectivity index (χ0) is 20.4.